The summed E-state index contributed by atoms with van der Waals surface area (Å²) in [6.07, 6.45) is 1.11. The Morgan fingerprint density at radius 2 is 1.50 bits per heavy atom. The maximum Gasteiger partial charge on any atom is 0.253 e. The number of rotatable bonds is 4. The summed E-state index contributed by atoms with van der Waals surface area (Å²) >= 11 is 0. The molecule has 1 fully saturated rings. The average Bonchev–Trinajstić information content (AvgIpc) is 3.24. The molecule has 2 heterocycles. The molecule has 0 N–H and O–H groups in total. The van der Waals surface area contributed by atoms with E-state index < -0.39 is 0 Å². The fourth-order valence-electron chi connectivity index (χ4n) is 4.96. The van der Waals surface area contributed by atoms with Crippen molar-refractivity contribution in [3.8, 4) is 0 Å². The van der Waals surface area contributed by atoms with E-state index in [9.17, 15) is 4.79 Å². The first-order chi connectivity index (χ1) is 15.6. The molecule has 2 aliphatic rings. The van der Waals surface area contributed by atoms with E-state index >= 15 is 0 Å². The minimum absolute atomic E-state index is 0.142. The van der Waals surface area contributed by atoms with E-state index in [4.69, 9.17) is 0 Å². The normalized spacial score (nSPS) is 15.8. The molecule has 0 spiro atoms. The predicted molar refractivity (Wildman–Crippen MR) is 132 cm³/mol. The SMILES string of the molecule is Cc1cccc(N2CCN(C(=O)c3ccc(CN4CCc5ccccc54)cc3)CC2)c1C. The van der Waals surface area contributed by atoms with Crippen molar-refractivity contribution in [1.82, 2.24) is 4.90 Å². The number of fused-ring (bicyclic) bond motifs is 1. The molecule has 0 bridgehead atoms. The van der Waals surface area contributed by atoms with E-state index in [2.05, 4.69) is 78.2 Å². The van der Waals surface area contributed by atoms with E-state index in [0.717, 1.165) is 51.3 Å². The second-order valence-electron chi connectivity index (χ2n) is 9.00. The molecule has 0 saturated carbocycles. The molecule has 164 valence electrons. The lowest BCUT2D eigenvalue weighted by Gasteiger charge is -2.37. The van der Waals surface area contributed by atoms with E-state index in [1.807, 2.05) is 17.0 Å². The highest BCUT2D eigenvalue weighted by Crippen LogP contribution is 2.29. The Kier molecular flexibility index (Phi) is 5.60. The number of nitrogens with zero attached hydrogens (tertiary/aromatic N) is 3. The van der Waals surface area contributed by atoms with Crippen molar-refractivity contribution in [1.29, 1.82) is 0 Å². The highest BCUT2D eigenvalue weighted by molar-refractivity contribution is 5.94. The maximum atomic E-state index is 13.1. The van der Waals surface area contributed by atoms with Crippen molar-refractivity contribution >= 4 is 17.3 Å². The lowest BCUT2D eigenvalue weighted by atomic mass is 10.1. The van der Waals surface area contributed by atoms with Gasteiger partial charge in [-0.05, 0) is 66.8 Å². The van der Waals surface area contributed by atoms with Gasteiger partial charge in [-0.25, -0.2) is 0 Å². The van der Waals surface area contributed by atoms with Gasteiger partial charge in [0.1, 0.15) is 0 Å². The highest BCUT2D eigenvalue weighted by Gasteiger charge is 2.23. The van der Waals surface area contributed by atoms with E-state index in [1.54, 1.807) is 0 Å². The van der Waals surface area contributed by atoms with Gasteiger partial charge in [0.25, 0.3) is 5.91 Å². The van der Waals surface area contributed by atoms with Crippen LogP contribution in [0.4, 0.5) is 11.4 Å². The molecule has 1 saturated heterocycles. The van der Waals surface area contributed by atoms with Crippen LogP contribution in [0.25, 0.3) is 0 Å². The topological polar surface area (TPSA) is 26.8 Å². The van der Waals surface area contributed by atoms with Crippen molar-refractivity contribution in [2.75, 3.05) is 42.5 Å². The summed E-state index contributed by atoms with van der Waals surface area (Å²) in [4.78, 5) is 19.9. The van der Waals surface area contributed by atoms with Gasteiger partial charge in [0.05, 0.1) is 0 Å². The third-order valence-corrected chi connectivity index (χ3v) is 7.04. The maximum absolute atomic E-state index is 13.1. The van der Waals surface area contributed by atoms with Gasteiger partial charge < -0.3 is 14.7 Å². The lowest BCUT2D eigenvalue weighted by Crippen LogP contribution is -2.49. The number of hydrogen-bond acceptors (Lipinski definition) is 3. The van der Waals surface area contributed by atoms with Crippen LogP contribution in [0, 0.1) is 13.8 Å². The molecule has 1 amide bonds. The molecule has 2 aliphatic heterocycles. The van der Waals surface area contributed by atoms with Crippen molar-refractivity contribution in [2.45, 2.75) is 26.8 Å². The molecule has 3 aromatic carbocycles. The molecule has 4 nitrogen and oxygen atoms in total. The first kappa shape index (κ1) is 20.6. The molecule has 0 unspecified atom stereocenters. The van der Waals surface area contributed by atoms with Gasteiger partial charge in [-0.2, -0.15) is 0 Å². The number of anilines is 2. The largest absolute Gasteiger partial charge is 0.368 e. The number of piperazine rings is 1. The Bertz CT molecular complexity index is 1110. The highest BCUT2D eigenvalue weighted by atomic mass is 16.2. The summed E-state index contributed by atoms with van der Waals surface area (Å²) in [6.45, 7) is 9.57. The van der Waals surface area contributed by atoms with Crippen LogP contribution >= 0.6 is 0 Å². The second kappa shape index (κ2) is 8.70. The van der Waals surface area contributed by atoms with Gasteiger partial charge in [-0.1, -0.05) is 42.5 Å². The van der Waals surface area contributed by atoms with Crippen LogP contribution in [0.3, 0.4) is 0 Å². The van der Waals surface area contributed by atoms with E-state index in [1.165, 1.54) is 33.6 Å². The summed E-state index contributed by atoms with van der Waals surface area (Å²) in [7, 11) is 0. The summed E-state index contributed by atoms with van der Waals surface area (Å²) in [6, 6.07) is 23.3. The molecular weight excluding hydrogens is 394 g/mol. The van der Waals surface area contributed by atoms with Crippen LogP contribution in [0.1, 0.15) is 32.6 Å². The van der Waals surface area contributed by atoms with Gasteiger partial charge in [0.15, 0.2) is 0 Å². The third-order valence-electron chi connectivity index (χ3n) is 7.04. The zero-order valence-electron chi connectivity index (χ0n) is 19.1. The van der Waals surface area contributed by atoms with Crippen LogP contribution < -0.4 is 9.80 Å². The van der Waals surface area contributed by atoms with Gasteiger partial charge in [-0.3, -0.25) is 4.79 Å². The number of carbonyl (C=O) groups excluding carboxylic acids is 1. The zero-order valence-corrected chi connectivity index (χ0v) is 19.1. The lowest BCUT2D eigenvalue weighted by molar-refractivity contribution is 0.0747. The van der Waals surface area contributed by atoms with Gasteiger partial charge >= 0.3 is 0 Å². The van der Waals surface area contributed by atoms with Crippen molar-refractivity contribution in [3.05, 3.63) is 94.5 Å². The smallest absolute Gasteiger partial charge is 0.253 e. The summed E-state index contributed by atoms with van der Waals surface area (Å²) in [5.41, 5.74) is 8.76. The monoisotopic (exact) mass is 425 g/mol. The number of aryl methyl sites for hydroxylation is 1. The minimum atomic E-state index is 0.142. The first-order valence-electron chi connectivity index (χ1n) is 11.6. The fourth-order valence-corrected chi connectivity index (χ4v) is 4.96. The molecule has 0 aliphatic carbocycles. The van der Waals surface area contributed by atoms with E-state index in [0.29, 0.717) is 0 Å². The molecule has 0 atom stereocenters. The molecule has 0 aromatic heterocycles. The molecule has 4 heteroatoms. The first-order valence-corrected chi connectivity index (χ1v) is 11.6. The van der Waals surface area contributed by atoms with Gasteiger partial charge in [0, 0.05) is 56.2 Å². The van der Waals surface area contributed by atoms with E-state index in [-0.39, 0.29) is 5.91 Å². The minimum Gasteiger partial charge on any atom is -0.368 e. The number of para-hydroxylation sites is 1. The number of hydrogen-bond donors (Lipinski definition) is 0. The fraction of sp³-hybridized carbons (Fsp3) is 0.321. The molecular formula is C28H31N3O. The Balaban J connectivity index is 1.20. The van der Waals surface area contributed by atoms with Crippen LogP contribution in [0.15, 0.2) is 66.7 Å². The number of benzene rings is 3. The van der Waals surface area contributed by atoms with Crippen molar-refractivity contribution in [2.24, 2.45) is 0 Å². The molecule has 32 heavy (non-hydrogen) atoms. The van der Waals surface area contributed by atoms with Crippen LogP contribution in [0.5, 0.6) is 0 Å². The summed E-state index contributed by atoms with van der Waals surface area (Å²) < 4.78 is 0. The predicted octanol–water partition coefficient (Wildman–Crippen LogP) is 4.83. The third kappa shape index (κ3) is 3.97. The molecule has 0 radical (unpaired) electrons. The number of amides is 1. The second-order valence-corrected chi connectivity index (χ2v) is 9.00. The zero-order chi connectivity index (χ0) is 22.1. The Labute approximate surface area is 191 Å². The Hall–Kier alpha value is -3.27. The van der Waals surface area contributed by atoms with Crippen LogP contribution in [0.2, 0.25) is 0 Å². The summed E-state index contributed by atoms with van der Waals surface area (Å²) in [5, 5.41) is 0. The summed E-state index contributed by atoms with van der Waals surface area (Å²) in [5.74, 6) is 0.142. The molecule has 5 rings (SSSR count). The number of carbonyl (C=O) groups is 1. The Morgan fingerprint density at radius 1 is 0.781 bits per heavy atom. The van der Waals surface area contributed by atoms with Gasteiger partial charge in [-0.15, -0.1) is 0 Å². The van der Waals surface area contributed by atoms with Crippen LogP contribution in [-0.2, 0) is 13.0 Å². The quantitative estimate of drug-likeness (QED) is 0.599. The average molecular weight is 426 g/mol. The van der Waals surface area contributed by atoms with Gasteiger partial charge in [0.2, 0.25) is 0 Å². The van der Waals surface area contributed by atoms with Crippen molar-refractivity contribution in [3.63, 3.8) is 0 Å². The van der Waals surface area contributed by atoms with Crippen LogP contribution in [-0.4, -0.2) is 43.5 Å². The standard InChI is InChI=1S/C28H31N3O/c1-21-6-5-9-26(22(21)2)29-16-18-30(19-17-29)28(32)25-12-10-23(11-13-25)20-31-15-14-24-7-3-4-8-27(24)31/h3-13H,14-20H2,1-2H3. The Morgan fingerprint density at radius 3 is 2.28 bits per heavy atom. The molecule has 3 aromatic rings. The van der Waals surface area contributed by atoms with Crippen molar-refractivity contribution < 1.29 is 4.79 Å².